The van der Waals surface area contributed by atoms with Crippen LogP contribution in [0.3, 0.4) is 0 Å². The fourth-order valence-corrected chi connectivity index (χ4v) is 3.85. The summed E-state index contributed by atoms with van der Waals surface area (Å²) in [6.45, 7) is 0.183. The van der Waals surface area contributed by atoms with Gasteiger partial charge in [-0.15, -0.1) is 11.3 Å². The zero-order valence-electron chi connectivity index (χ0n) is 11.1. The Morgan fingerprint density at radius 3 is 2.67 bits per heavy atom. The molecule has 0 aliphatic carbocycles. The highest BCUT2D eigenvalue weighted by atomic mass is 32.2. The third-order valence-corrected chi connectivity index (χ3v) is 5.58. The summed E-state index contributed by atoms with van der Waals surface area (Å²) < 4.78 is 26.1. The molecule has 112 valence electrons. The minimum Gasteiger partial charge on any atom is -0.398 e. The van der Waals surface area contributed by atoms with Crippen molar-refractivity contribution in [3.8, 4) is 0 Å². The monoisotopic (exact) mass is 327 g/mol. The number of nitrogens with zero attached hydrogens (tertiary/aromatic N) is 2. The summed E-state index contributed by atoms with van der Waals surface area (Å²) in [4.78, 5) is 10.7. The molecule has 0 spiro atoms. The van der Waals surface area contributed by atoms with E-state index in [1.54, 1.807) is 0 Å². The van der Waals surface area contributed by atoms with Crippen LogP contribution < -0.4 is 5.73 Å². The SMILES string of the molecule is CN(Cc1cccs1)S(=O)(=O)c1cc([N+](=O)[O-])ccc1N. The van der Waals surface area contributed by atoms with Gasteiger partial charge in [-0.2, -0.15) is 4.31 Å². The lowest BCUT2D eigenvalue weighted by molar-refractivity contribution is -0.385. The standard InChI is InChI=1S/C12H13N3O4S2/c1-14(8-10-3-2-6-20-10)21(18,19)12-7-9(15(16)17)4-5-11(12)13/h2-7H,8,13H2,1H3. The van der Waals surface area contributed by atoms with Gasteiger partial charge in [-0.05, 0) is 17.5 Å². The molecule has 0 unspecified atom stereocenters. The Hall–Kier alpha value is -1.97. The third kappa shape index (κ3) is 3.20. The number of thiophene rings is 1. The van der Waals surface area contributed by atoms with Gasteiger partial charge >= 0.3 is 0 Å². The predicted octanol–water partition coefficient (Wildman–Crippen LogP) is 2.06. The van der Waals surface area contributed by atoms with Gasteiger partial charge in [0.05, 0.1) is 10.6 Å². The first-order valence-corrected chi connectivity index (χ1v) is 8.17. The van der Waals surface area contributed by atoms with E-state index in [0.29, 0.717) is 0 Å². The minimum atomic E-state index is -3.89. The summed E-state index contributed by atoms with van der Waals surface area (Å²) >= 11 is 1.43. The average molecular weight is 327 g/mol. The van der Waals surface area contributed by atoms with Crippen molar-refractivity contribution in [1.29, 1.82) is 0 Å². The van der Waals surface area contributed by atoms with Crippen LogP contribution in [0.5, 0.6) is 0 Å². The predicted molar refractivity (Wildman–Crippen MR) is 80.5 cm³/mol. The molecule has 1 heterocycles. The molecule has 7 nitrogen and oxygen atoms in total. The number of nitro groups is 1. The van der Waals surface area contributed by atoms with Crippen molar-refractivity contribution in [2.75, 3.05) is 12.8 Å². The van der Waals surface area contributed by atoms with E-state index >= 15 is 0 Å². The van der Waals surface area contributed by atoms with Crippen molar-refractivity contribution in [3.05, 3.63) is 50.7 Å². The smallest absolute Gasteiger partial charge is 0.270 e. The number of non-ortho nitro benzene ring substituents is 1. The lowest BCUT2D eigenvalue weighted by Crippen LogP contribution is -2.27. The first-order chi connectivity index (χ1) is 9.82. The lowest BCUT2D eigenvalue weighted by atomic mass is 10.3. The molecule has 0 aliphatic heterocycles. The van der Waals surface area contributed by atoms with Gasteiger partial charge in [0.1, 0.15) is 4.90 Å². The molecule has 2 N–H and O–H groups in total. The van der Waals surface area contributed by atoms with Gasteiger partial charge < -0.3 is 5.73 Å². The summed E-state index contributed by atoms with van der Waals surface area (Å²) in [7, 11) is -2.48. The second kappa shape index (κ2) is 5.80. The largest absolute Gasteiger partial charge is 0.398 e. The number of nitrogen functional groups attached to an aromatic ring is 1. The summed E-state index contributed by atoms with van der Waals surface area (Å²) in [5, 5.41) is 12.6. The zero-order valence-corrected chi connectivity index (χ0v) is 12.7. The number of nitro benzene ring substituents is 1. The fourth-order valence-electron chi connectivity index (χ4n) is 1.73. The van der Waals surface area contributed by atoms with Gasteiger partial charge in [-0.3, -0.25) is 10.1 Å². The molecular formula is C12H13N3O4S2. The highest BCUT2D eigenvalue weighted by Crippen LogP contribution is 2.27. The molecule has 0 fully saturated rings. The van der Waals surface area contributed by atoms with Crippen LogP contribution >= 0.6 is 11.3 Å². The third-order valence-electron chi connectivity index (χ3n) is 2.85. The van der Waals surface area contributed by atoms with Crippen LogP contribution in [-0.4, -0.2) is 24.7 Å². The number of benzene rings is 1. The van der Waals surface area contributed by atoms with Crippen molar-refractivity contribution in [2.24, 2.45) is 0 Å². The quantitative estimate of drug-likeness (QED) is 0.514. The maximum Gasteiger partial charge on any atom is 0.270 e. The number of rotatable bonds is 5. The summed E-state index contributed by atoms with van der Waals surface area (Å²) in [5.74, 6) is 0. The normalized spacial score (nSPS) is 11.7. The Kier molecular flexibility index (Phi) is 4.26. The van der Waals surface area contributed by atoms with E-state index in [1.807, 2.05) is 17.5 Å². The van der Waals surface area contributed by atoms with Crippen molar-refractivity contribution in [1.82, 2.24) is 4.31 Å². The first-order valence-electron chi connectivity index (χ1n) is 5.85. The summed E-state index contributed by atoms with van der Waals surface area (Å²) in [6, 6.07) is 7.02. The molecule has 21 heavy (non-hydrogen) atoms. The minimum absolute atomic E-state index is 0.0152. The first kappa shape index (κ1) is 15.4. The van der Waals surface area contributed by atoms with Crippen LogP contribution in [0.15, 0.2) is 40.6 Å². The van der Waals surface area contributed by atoms with Crippen LogP contribution in [0.25, 0.3) is 0 Å². The van der Waals surface area contributed by atoms with Gasteiger partial charge in [0.15, 0.2) is 0 Å². The van der Waals surface area contributed by atoms with Crippen molar-refractivity contribution in [3.63, 3.8) is 0 Å². The molecule has 0 radical (unpaired) electrons. The highest BCUT2D eigenvalue weighted by molar-refractivity contribution is 7.89. The molecule has 9 heteroatoms. The Morgan fingerprint density at radius 1 is 1.38 bits per heavy atom. The van der Waals surface area contributed by atoms with Gasteiger partial charge in [0, 0.05) is 30.6 Å². The lowest BCUT2D eigenvalue weighted by Gasteiger charge is -2.17. The van der Waals surface area contributed by atoms with Crippen LogP contribution in [0.4, 0.5) is 11.4 Å². The molecule has 0 aliphatic rings. The van der Waals surface area contributed by atoms with Crippen LogP contribution in [0, 0.1) is 10.1 Å². The molecule has 0 saturated carbocycles. The van der Waals surface area contributed by atoms with Crippen molar-refractivity contribution < 1.29 is 13.3 Å². The second-order valence-electron chi connectivity index (χ2n) is 4.32. The van der Waals surface area contributed by atoms with E-state index in [1.165, 1.54) is 30.5 Å². The molecular weight excluding hydrogens is 314 g/mol. The molecule has 1 aromatic carbocycles. The Balaban J connectivity index is 2.38. The molecule has 0 bridgehead atoms. The van der Waals surface area contributed by atoms with Crippen molar-refractivity contribution in [2.45, 2.75) is 11.4 Å². The Morgan fingerprint density at radius 2 is 2.10 bits per heavy atom. The Bertz CT molecular complexity index is 757. The molecule has 2 rings (SSSR count). The van der Waals surface area contributed by atoms with Gasteiger partial charge in [0.25, 0.3) is 5.69 Å². The maximum atomic E-state index is 12.5. The Labute approximate surface area is 125 Å². The van der Waals surface area contributed by atoms with Crippen LogP contribution in [-0.2, 0) is 16.6 Å². The fraction of sp³-hybridized carbons (Fsp3) is 0.167. The number of nitrogens with two attached hydrogens (primary N) is 1. The van der Waals surface area contributed by atoms with Crippen LogP contribution in [0.1, 0.15) is 4.88 Å². The highest BCUT2D eigenvalue weighted by Gasteiger charge is 2.26. The van der Waals surface area contributed by atoms with E-state index in [2.05, 4.69) is 0 Å². The van der Waals surface area contributed by atoms with Gasteiger partial charge in [0.2, 0.25) is 10.0 Å². The molecule has 1 aromatic heterocycles. The molecule has 0 atom stereocenters. The van der Waals surface area contributed by atoms with E-state index in [9.17, 15) is 18.5 Å². The number of hydrogen-bond acceptors (Lipinski definition) is 6. The number of hydrogen-bond donors (Lipinski definition) is 1. The van der Waals surface area contributed by atoms with E-state index in [-0.39, 0.29) is 22.8 Å². The molecule has 2 aromatic rings. The van der Waals surface area contributed by atoms with Gasteiger partial charge in [-0.25, -0.2) is 8.42 Å². The zero-order chi connectivity index (χ0) is 15.6. The summed E-state index contributed by atoms with van der Waals surface area (Å²) in [5.41, 5.74) is 5.33. The van der Waals surface area contributed by atoms with Crippen LogP contribution in [0.2, 0.25) is 0 Å². The maximum absolute atomic E-state index is 12.5. The van der Waals surface area contributed by atoms with Gasteiger partial charge in [-0.1, -0.05) is 6.07 Å². The van der Waals surface area contributed by atoms with E-state index in [0.717, 1.165) is 15.2 Å². The number of sulfonamides is 1. The summed E-state index contributed by atoms with van der Waals surface area (Å²) in [6.07, 6.45) is 0. The van der Waals surface area contributed by atoms with Crippen molar-refractivity contribution >= 4 is 32.7 Å². The average Bonchev–Trinajstić information content (AvgIpc) is 2.91. The van der Waals surface area contributed by atoms with E-state index < -0.39 is 14.9 Å². The topological polar surface area (TPSA) is 107 Å². The molecule has 0 saturated heterocycles. The molecule has 0 amide bonds. The number of anilines is 1. The van der Waals surface area contributed by atoms with E-state index in [4.69, 9.17) is 5.73 Å². The second-order valence-corrected chi connectivity index (χ2v) is 7.37.